The van der Waals surface area contributed by atoms with Gasteiger partial charge in [0.15, 0.2) is 0 Å². The Kier molecular flexibility index (Phi) is 4.99. The third-order valence-electron chi connectivity index (χ3n) is 2.84. The Bertz CT molecular complexity index is 697. The summed E-state index contributed by atoms with van der Waals surface area (Å²) in [5.41, 5.74) is 1.12. The van der Waals surface area contributed by atoms with Gasteiger partial charge in [0.25, 0.3) is 5.91 Å². The second-order valence-electron chi connectivity index (χ2n) is 4.44. The van der Waals surface area contributed by atoms with Crippen LogP contribution in [0.25, 0.3) is 0 Å². The molecule has 1 aromatic carbocycles. The first-order valence-electron chi connectivity index (χ1n) is 6.32. The molecule has 108 valence electrons. The standard InChI is InChI=1S/C16H15NO3S/c1-17(16(20)14-6-2-3-7-15(14)19)10-13-9-12(11-21-13)5-4-8-18/h2-3,6-7,9,11,18-19H,8,10H2,1H3. The van der Waals surface area contributed by atoms with Crippen LogP contribution in [0.15, 0.2) is 35.7 Å². The number of benzene rings is 1. The highest BCUT2D eigenvalue weighted by Crippen LogP contribution is 2.20. The zero-order valence-corrected chi connectivity index (χ0v) is 12.4. The summed E-state index contributed by atoms with van der Waals surface area (Å²) < 4.78 is 0. The summed E-state index contributed by atoms with van der Waals surface area (Å²) in [5.74, 6) is 5.16. The molecule has 0 saturated carbocycles. The van der Waals surface area contributed by atoms with Crippen LogP contribution in [0.4, 0.5) is 0 Å². The van der Waals surface area contributed by atoms with Gasteiger partial charge in [0.1, 0.15) is 12.4 Å². The van der Waals surface area contributed by atoms with Gasteiger partial charge in [0.05, 0.1) is 12.1 Å². The van der Waals surface area contributed by atoms with Crippen LogP contribution in [-0.4, -0.2) is 34.7 Å². The summed E-state index contributed by atoms with van der Waals surface area (Å²) in [7, 11) is 1.69. The highest BCUT2D eigenvalue weighted by molar-refractivity contribution is 7.10. The molecule has 0 aliphatic rings. The van der Waals surface area contributed by atoms with Crippen molar-refractivity contribution < 1.29 is 15.0 Å². The van der Waals surface area contributed by atoms with E-state index in [1.807, 2.05) is 11.4 Å². The minimum Gasteiger partial charge on any atom is -0.507 e. The molecule has 1 heterocycles. The van der Waals surface area contributed by atoms with Gasteiger partial charge in [-0.15, -0.1) is 11.3 Å². The molecule has 0 atom stereocenters. The van der Waals surface area contributed by atoms with Gasteiger partial charge in [-0.3, -0.25) is 4.79 Å². The average molecular weight is 301 g/mol. The molecular formula is C16H15NO3S. The maximum atomic E-state index is 12.3. The van der Waals surface area contributed by atoms with Gasteiger partial charge in [0.2, 0.25) is 0 Å². The number of hydrogen-bond donors (Lipinski definition) is 2. The molecule has 4 nitrogen and oxygen atoms in total. The first-order chi connectivity index (χ1) is 10.1. The average Bonchev–Trinajstić information content (AvgIpc) is 2.92. The second-order valence-corrected chi connectivity index (χ2v) is 5.44. The number of thiophene rings is 1. The SMILES string of the molecule is CN(Cc1cc(C#CCO)cs1)C(=O)c1ccccc1O. The number of nitrogens with zero attached hydrogens (tertiary/aromatic N) is 1. The van der Waals surface area contributed by atoms with E-state index in [-0.39, 0.29) is 23.8 Å². The van der Waals surface area contributed by atoms with E-state index in [9.17, 15) is 9.90 Å². The molecule has 2 N–H and O–H groups in total. The van der Waals surface area contributed by atoms with Crippen molar-refractivity contribution in [2.75, 3.05) is 13.7 Å². The van der Waals surface area contributed by atoms with E-state index in [4.69, 9.17) is 5.11 Å². The number of rotatable bonds is 3. The smallest absolute Gasteiger partial charge is 0.257 e. The Morgan fingerprint density at radius 2 is 2.14 bits per heavy atom. The normalized spacial score (nSPS) is 9.81. The van der Waals surface area contributed by atoms with E-state index in [1.54, 1.807) is 30.1 Å². The summed E-state index contributed by atoms with van der Waals surface area (Å²) in [6, 6.07) is 8.38. The monoisotopic (exact) mass is 301 g/mol. The molecule has 0 unspecified atom stereocenters. The number of carbonyl (C=O) groups is 1. The summed E-state index contributed by atoms with van der Waals surface area (Å²) in [6.07, 6.45) is 0. The lowest BCUT2D eigenvalue weighted by atomic mass is 10.2. The Morgan fingerprint density at radius 1 is 1.38 bits per heavy atom. The Balaban J connectivity index is 2.07. The van der Waals surface area contributed by atoms with E-state index in [1.165, 1.54) is 17.4 Å². The van der Waals surface area contributed by atoms with Gasteiger partial charge in [-0.05, 0) is 18.2 Å². The predicted octanol–water partition coefficient (Wildman–Crippen LogP) is 2.07. The molecule has 0 saturated heterocycles. The molecule has 0 bridgehead atoms. The Morgan fingerprint density at radius 3 is 2.86 bits per heavy atom. The fraction of sp³-hybridized carbons (Fsp3) is 0.188. The number of para-hydroxylation sites is 1. The van der Waals surface area contributed by atoms with Crippen LogP contribution in [-0.2, 0) is 6.54 Å². The molecular weight excluding hydrogens is 286 g/mol. The highest BCUT2D eigenvalue weighted by Gasteiger charge is 2.15. The third-order valence-corrected chi connectivity index (χ3v) is 3.76. The van der Waals surface area contributed by atoms with Crippen molar-refractivity contribution in [1.29, 1.82) is 0 Å². The predicted molar refractivity (Wildman–Crippen MR) is 82.2 cm³/mol. The summed E-state index contributed by atoms with van der Waals surface area (Å²) in [5, 5.41) is 20.3. The largest absolute Gasteiger partial charge is 0.507 e. The number of aliphatic hydroxyl groups excluding tert-OH is 1. The molecule has 0 radical (unpaired) electrons. The third kappa shape index (κ3) is 3.85. The topological polar surface area (TPSA) is 60.8 Å². The van der Waals surface area contributed by atoms with E-state index in [0.29, 0.717) is 6.54 Å². The fourth-order valence-electron chi connectivity index (χ4n) is 1.84. The first kappa shape index (κ1) is 15.1. The Labute approximate surface area is 127 Å². The van der Waals surface area contributed by atoms with Gasteiger partial charge in [-0.1, -0.05) is 24.0 Å². The number of aliphatic hydroxyl groups is 1. The van der Waals surface area contributed by atoms with E-state index < -0.39 is 0 Å². The lowest BCUT2D eigenvalue weighted by Crippen LogP contribution is -2.25. The first-order valence-corrected chi connectivity index (χ1v) is 7.20. The van der Waals surface area contributed by atoms with Crippen molar-refractivity contribution in [3.8, 4) is 17.6 Å². The number of aromatic hydroxyl groups is 1. The van der Waals surface area contributed by atoms with Crippen molar-refractivity contribution in [3.05, 3.63) is 51.7 Å². The number of phenolic OH excluding ortho intramolecular Hbond substituents is 1. The maximum Gasteiger partial charge on any atom is 0.257 e. The molecule has 0 aliphatic carbocycles. The van der Waals surface area contributed by atoms with E-state index in [2.05, 4.69) is 11.8 Å². The van der Waals surface area contributed by atoms with Crippen LogP contribution in [0.5, 0.6) is 5.75 Å². The van der Waals surface area contributed by atoms with Crippen molar-refractivity contribution in [2.45, 2.75) is 6.54 Å². The van der Waals surface area contributed by atoms with E-state index >= 15 is 0 Å². The molecule has 0 fully saturated rings. The van der Waals surface area contributed by atoms with Crippen molar-refractivity contribution in [2.24, 2.45) is 0 Å². The van der Waals surface area contributed by atoms with Gasteiger partial charge in [0, 0.05) is 22.9 Å². The summed E-state index contributed by atoms with van der Waals surface area (Å²) >= 11 is 1.50. The van der Waals surface area contributed by atoms with E-state index in [0.717, 1.165) is 10.4 Å². The molecule has 0 aliphatic heterocycles. The van der Waals surface area contributed by atoms with Crippen LogP contribution >= 0.6 is 11.3 Å². The van der Waals surface area contributed by atoms with Gasteiger partial charge in [-0.2, -0.15) is 0 Å². The van der Waals surface area contributed by atoms with Crippen molar-refractivity contribution >= 4 is 17.2 Å². The Hall–Kier alpha value is -2.29. The molecule has 2 rings (SSSR count). The van der Waals surface area contributed by atoms with Crippen LogP contribution in [0.2, 0.25) is 0 Å². The van der Waals surface area contributed by atoms with Crippen LogP contribution in [0, 0.1) is 11.8 Å². The lowest BCUT2D eigenvalue weighted by molar-refractivity contribution is 0.0783. The van der Waals surface area contributed by atoms with Crippen molar-refractivity contribution in [1.82, 2.24) is 4.90 Å². The molecule has 2 aromatic rings. The lowest BCUT2D eigenvalue weighted by Gasteiger charge is -2.16. The summed E-state index contributed by atoms with van der Waals surface area (Å²) in [4.78, 5) is 14.8. The fourth-order valence-corrected chi connectivity index (χ4v) is 2.70. The quantitative estimate of drug-likeness (QED) is 0.853. The maximum absolute atomic E-state index is 12.3. The zero-order chi connectivity index (χ0) is 15.2. The minimum absolute atomic E-state index is 0.0185. The van der Waals surface area contributed by atoms with Crippen LogP contribution < -0.4 is 0 Å². The molecule has 1 aromatic heterocycles. The van der Waals surface area contributed by atoms with Gasteiger partial charge >= 0.3 is 0 Å². The number of carbonyl (C=O) groups excluding carboxylic acids is 1. The molecule has 5 heteroatoms. The van der Waals surface area contributed by atoms with Crippen LogP contribution in [0.1, 0.15) is 20.8 Å². The van der Waals surface area contributed by atoms with Crippen LogP contribution in [0.3, 0.4) is 0 Å². The second kappa shape index (κ2) is 6.93. The van der Waals surface area contributed by atoms with Crippen molar-refractivity contribution in [3.63, 3.8) is 0 Å². The number of amides is 1. The number of hydrogen-bond acceptors (Lipinski definition) is 4. The minimum atomic E-state index is -0.232. The molecule has 1 amide bonds. The highest BCUT2D eigenvalue weighted by atomic mass is 32.1. The molecule has 21 heavy (non-hydrogen) atoms. The summed E-state index contributed by atoms with van der Waals surface area (Å²) in [6.45, 7) is 0.273. The van der Waals surface area contributed by atoms with Gasteiger partial charge in [-0.25, -0.2) is 0 Å². The van der Waals surface area contributed by atoms with Gasteiger partial charge < -0.3 is 15.1 Å². The molecule has 0 spiro atoms. The number of phenols is 1. The zero-order valence-electron chi connectivity index (χ0n) is 11.5.